The first-order valence-corrected chi connectivity index (χ1v) is 5.69. The fourth-order valence-electron chi connectivity index (χ4n) is 1.74. The molecule has 0 aromatic heterocycles. The van der Waals surface area contributed by atoms with Gasteiger partial charge in [0.1, 0.15) is 5.82 Å². The largest absolute Gasteiger partial charge is 0.354 e. The first-order chi connectivity index (χ1) is 8.65. The van der Waals surface area contributed by atoms with Gasteiger partial charge in [0.15, 0.2) is 0 Å². The second-order valence-corrected chi connectivity index (χ2v) is 4.11. The molecule has 1 aliphatic heterocycles. The second kappa shape index (κ2) is 5.59. The summed E-state index contributed by atoms with van der Waals surface area (Å²) in [7, 11) is 0. The van der Waals surface area contributed by atoms with Crippen molar-refractivity contribution in [2.45, 2.75) is 12.5 Å². The van der Waals surface area contributed by atoms with Gasteiger partial charge in [0, 0.05) is 19.0 Å². The maximum atomic E-state index is 13.3. The summed E-state index contributed by atoms with van der Waals surface area (Å²) in [4.78, 5) is 22.5. The highest BCUT2D eigenvalue weighted by Crippen LogP contribution is 2.11. The third-order valence-electron chi connectivity index (χ3n) is 2.68. The number of nitrogens with one attached hydrogen (secondary N) is 3. The van der Waals surface area contributed by atoms with Gasteiger partial charge in [-0.3, -0.25) is 9.59 Å². The molecule has 2 amide bonds. The molecule has 0 bridgehead atoms. The number of benzene rings is 1. The number of amides is 2. The van der Waals surface area contributed by atoms with Gasteiger partial charge >= 0.3 is 0 Å². The van der Waals surface area contributed by atoms with Gasteiger partial charge in [-0.05, 0) is 12.1 Å². The molecule has 1 unspecified atom stereocenters. The normalized spacial score (nSPS) is 18.5. The smallest absolute Gasteiger partial charge is 0.238 e. The standard InChI is InChI=1S/C12H14FN3O2/c13-9-3-1-2-4-10(9)16-12(18)7-14-8-5-11(17)15-6-8/h1-4,8,14H,5-7H2,(H,15,17)(H,16,18). The highest BCUT2D eigenvalue weighted by Gasteiger charge is 2.21. The molecule has 1 aliphatic rings. The molecule has 1 heterocycles. The summed E-state index contributed by atoms with van der Waals surface area (Å²) in [6.07, 6.45) is 0.368. The van der Waals surface area contributed by atoms with E-state index >= 15 is 0 Å². The SMILES string of the molecule is O=C1CC(NCC(=O)Nc2ccccc2F)CN1. The van der Waals surface area contributed by atoms with Crippen molar-refractivity contribution in [2.24, 2.45) is 0 Å². The van der Waals surface area contributed by atoms with Gasteiger partial charge < -0.3 is 16.0 Å². The van der Waals surface area contributed by atoms with Crippen LogP contribution in [0.5, 0.6) is 0 Å². The van der Waals surface area contributed by atoms with Crippen LogP contribution in [0.2, 0.25) is 0 Å². The predicted molar refractivity (Wildman–Crippen MR) is 64.4 cm³/mol. The Kier molecular flexibility index (Phi) is 3.88. The number of carbonyl (C=O) groups is 2. The topological polar surface area (TPSA) is 70.2 Å². The summed E-state index contributed by atoms with van der Waals surface area (Å²) in [6, 6.07) is 5.94. The zero-order chi connectivity index (χ0) is 13.0. The van der Waals surface area contributed by atoms with E-state index in [-0.39, 0.29) is 30.1 Å². The number of hydrogen-bond donors (Lipinski definition) is 3. The van der Waals surface area contributed by atoms with Gasteiger partial charge in [-0.2, -0.15) is 0 Å². The molecule has 18 heavy (non-hydrogen) atoms. The fraction of sp³-hybridized carbons (Fsp3) is 0.333. The summed E-state index contributed by atoms with van der Waals surface area (Å²) in [5.41, 5.74) is 0.157. The lowest BCUT2D eigenvalue weighted by Crippen LogP contribution is -2.37. The van der Waals surface area contributed by atoms with Crippen LogP contribution in [-0.4, -0.2) is 30.9 Å². The van der Waals surface area contributed by atoms with E-state index < -0.39 is 5.82 Å². The number of halogens is 1. The van der Waals surface area contributed by atoms with E-state index in [0.717, 1.165) is 0 Å². The van der Waals surface area contributed by atoms with Crippen molar-refractivity contribution in [3.05, 3.63) is 30.1 Å². The molecule has 1 atom stereocenters. The minimum Gasteiger partial charge on any atom is -0.354 e. The molecular weight excluding hydrogens is 237 g/mol. The van der Waals surface area contributed by atoms with Crippen LogP contribution >= 0.6 is 0 Å². The van der Waals surface area contributed by atoms with Crippen LogP contribution in [0.15, 0.2) is 24.3 Å². The number of hydrogen-bond acceptors (Lipinski definition) is 3. The monoisotopic (exact) mass is 251 g/mol. The highest BCUT2D eigenvalue weighted by molar-refractivity contribution is 5.92. The first kappa shape index (κ1) is 12.5. The van der Waals surface area contributed by atoms with Crippen molar-refractivity contribution in [2.75, 3.05) is 18.4 Å². The van der Waals surface area contributed by atoms with E-state index in [1.165, 1.54) is 12.1 Å². The maximum absolute atomic E-state index is 13.3. The lowest BCUT2D eigenvalue weighted by molar-refractivity contribution is -0.119. The summed E-state index contributed by atoms with van der Waals surface area (Å²) >= 11 is 0. The third kappa shape index (κ3) is 3.27. The molecule has 2 rings (SSSR count). The van der Waals surface area contributed by atoms with Gasteiger partial charge in [-0.25, -0.2) is 4.39 Å². The van der Waals surface area contributed by atoms with E-state index in [4.69, 9.17) is 0 Å². The summed E-state index contributed by atoms with van der Waals surface area (Å²) in [5.74, 6) is -0.829. The molecule has 96 valence electrons. The Morgan fingerprint density at radius 2 is 2.22 bits per heavy atom. The Bertz CT molecular complexity index is 464. The van der Waals surface area contributed by atoms with Crippen LogP contribution in [0.3, 0.4) is 0 Å². The lowest BCUT2D eigenvalue weighted by atomic mass is 10.2. The average molecular weight is 251 g/mol. The Morgan fingerprint density at radius 3 is 2.89 bits per heavy atom. The molecule has 1 aromatic carbocycles. The minimum atomic E-state index is -0.469. The van der Waals surface area contributed by atoms with Crippen LogP contribution in [0.1, 0.15) is 6.42 Å². The highest BCUT2D eigenvalue weighted by atomic mass is 19.1. The molecule has 1 aromatic rings. The third-order valence-corrected chi connectivity index (χ3v) is 2.68. The summed E-state index contributed by atoms with van der Waals surface area (Å²) < 4.78 is 13.3. The van der Waals surface area contributed by atoms with Crippen molar-refractivity contribution in [3.8, 4) is 0 Å². The van der Waals surface area contributed by atoms with Crippen LogP contribution in [0.4, 0.5) is 10.1 Å². The zero-order valence-electron chi connectivity index (χ0n) is 9.70. The first-order valence-electron chi connectivity index (χ1n) is 5.69. The van der Waals surface area contributed by atoms with Crippen LogP contribution in [0.25, 0.3) is 0 Å². The van der Waals surface area contributed by atoms with Crippen LogP contribution in [-0.2, 0) is 9.59 Å². The van der Waals surface area contributed by atoms with E-state index in [1.807, 2.05) is 0 Å². The molecule has 0 saturated carbocycles. The molecule has 5 nitrogen and oxygen atoms in total. The van der Waals surface area contributed by atoms with Crippen molar-refractivity contribution in [1.82, 2.24) is 10.6 Å². The van der Waals surface area contributed by atoms with E-state index in [9.17, 15) is 14.0 Å². The molecule has 0 aliphatic carbocycles. The Labute approximate surface area is 104 Å². The summed E-state index contributed by atoms with van der Waals surface area (Å²) in [6.45, 7) is 0.569. The predicted octanol–water partition coefficient (Wildman–Crippen LogP) is 0.242. The van der Waals surface area contributed by atoms with Crippen molar-refractivity contribution in [3.63, 3.8) is 0 Å². The molecule has 6 heteroatoms. The van der Waals surface area contributed by atoms with E-state index in [0.29, 0.717) is 13.0 Å². The average Bonchev–Trinajstić information content (AvgIpc) is 2.76. The van der Waals surface area contributed by atoms with Crippen molar-refractivity contribution < 1.29 is 14.0 Å². The van der Waals surface area contributed by atoms with Gasteiger partial charge in [0.2, 0.25) is 11.8 Å². The maximum Gasteiger partial charge on any atom is 0.238 e. The minimum absolute atomic E-state index is 0.0259. The molecule has 3 N–H and O–H groups in total. The Balaban J connectivity index is 1.79. The fourth-order valence-corrected chi connectivity index (χ4v) is 1.74. The number of anilines is 1. The quantitative estimate of drug-likeness (QED) is 0.718. The molecule has 0 radical (unpaired) electrons. The zero-order valence-corrected chi connectivity index (χ0v) is 9.70. The van der Waals surface area contributed by atoms with Crippen LogP contribution in [0, 0.1) is 5.82 Å². The van der Waals surface area contributed by atoms with Crippen LogP contribution < -0.4 is 16.0 Å². The molecular formula is C12H14FN3O2. The van der Waals surface area contributed by atoms with Gasteiger partial charge in [-0.15, -0.1) is 0 Å². The van der Waals surface area contributed by atoms with Gasteiger partial charge in [0.05, 0.1) is 12.2 Å². The number of carbonyl (C=O) groups excluding carboxylic acids is 2. The van der Waals surface area contributed by atoms with Crippen molar-refractivity contribution >= 4 is 17.5 Å². The molecule has 1 saturated heterocycles. The second-order valence-electron chi connectivity index (χ2n) is 4.11. The van der Waals surface area contributed by atoms with E-state index in [1.54, 1.807) is 12.1 Å². The number of para-hydroxylation sites is 1. The lowest BCUT2D eigenvalue weighted by Gasteiger charge is -2.10. The molecule has 0 spiro atoms. The van der Waals surface area contributed by atoms with Gasteiger partial charge in [-0.1, -0.05) is 12.1 Å². The van der Waals surface area contributed by atoms with E-state index in [2.05, 4.69) is 16.0 Å². The Hall–Kier alpha value is -1.95. The summed E-state index contributed by atoms with van der Waals surface area (Å²) in [5, 5.41) is 8.06. The van der Waals surface area contributed by atoms with Crippen molar-refractivity contribution in [1.29, 1.82) is 0 Å². The molecule has 1 fully saturated rings. The number of rotatable bonds is 4. The van der Waals surface area contributed by atoms with Gasteiger partial charge in [0.25, 0.3) is 0 Å². The Morgan fingerprint density at radius 1 is 1.44 bits per heavy atom.